The number of aryl methyl sites for hydroxylation is 3. The number of benzene rings is 2. The van der Waals surface area contributed by atoms with Gasteiger partial charge in [-0.15, -0.1) is 0 Å². The molecule has 3 aromatic rings. The summed E-state index contributed by atoms with van der Waals surface area (Å²) >= 11 is 0. The van der Waals surface area contributed by atoms with Crippen LogP contribution in [0.25, 0.3) is 10.9 Å². The molecule has 1 aliphatic heterocycles. The van der Waals surface area contributed by atoms with E-state index in [0.717, 1.165) is 28.4 Å². The van der Waals surface area contributed by atoms with Crippen molar-refractivity contribution in [2.24, 2.45) is 5.10 Å². The zero-order valence-corrected chi connectivity index (χ0v) is 14.5. The largest absolute Gasteiger partial charge is 0.454 e. The van der Waals surface area contributed by atoms with E-state index >= 15 is 0 Å². The lowest BCUT2D eigenvalue weighted by atomic mass is 10.0. The number of hydrazone groups is 1. The van der Waals surface area contributed by atoms with E-state index in [9.17, 15) is 0 Å². The van der Waals surface area contributed by atoms with Crippen LogP contribution in [0.5, 0.6) is 11.5 Å². The standard InChI is InChI=1S/C20H19N3O2/c1-12-6-14(3)20-16(7-12)13(2)8-19(22-20)23-21-10-15-4-5-17-18(9-15)25-11-24-17/h4-10H,11H2,1-3H3,(H,22,23). The summed E-state index contributed by atoms with van der Waals surface area (Å²) in [5.41, 5.74) is 8.55. The maximum atomic E-state index is 5.37. The van der Waals surface area contributed by atoms with Crippen molar-refractivity contribution in [2.75, 3.05) is 12.2 Å². The Bertz CT molecular complexity index is 996. The third kappa shape index (κ3) is 3.01. The molecular formula is C20H19N3O2. The van der Waals surface area contributed by atoms with Gasteiger partial charge in [-0.3, -0.25) is 5.43 Å². The maximum absolute atomic E-state index is 5.37. The zero-order valence-electron chi connectivity index (χ0n) is 14.5. The van der Waals surface area contributed by atoms with Crippen molar-refractivity contribution >= 4 is 22.9 Å². The van der Waals surface area contributed by atoms with E-state index < -0.39 is 0 Å². The zero-order chi connectivity index (χ0) is 17.4. The van der Waals surface area contributed by atoms with Gasteiger partial charge in [-0.2, -0.15) is 5.10 Å². The molecule has 1 N–H and O–H groups in total. The summed E-state index contributed by atoms with van der Waals surface area (Å²) < 4.78 is 10.7. The third-order valence-electron chi connectivity index (χ3n) is 4.24. The average Bonchev–Trinajstić information content (AvgIpc) is 3.04. The first kappa shape index (κ1) is 15.4. The predicted octanol–water partition coefficient (Wildman–Crippen LogP) is 4.33. The first-order chi connectivity index (χ1) is 12.1. The highest BCUT2D eigenvalue weighted by Gasteiger charge is 2.12. The van der Waals surface area contributed by atoms with Crippen LogP contribution in [0.3, 0.4) is 0 Å². The molecule has 0 aliphatic carbocycles. The molecule has 1 aromatic heterocycles. The van der Waals surface area contributed by atoms with Crippen molar-refractivity contribution in [1.82, 2.24) is 4.98 Å². The number of hydrogen-bond acceptors (Lipinski definition) is 5. The molecule has 5 nitrogen and oxygen atoms in total. The van der Waals surface area contributed by atoms with Gasteiger partial charge >= 0.3 is 0 Å². The summed E-state index contributed by atoms with van der Waals surface area (Å²) in [6.07, 6.45) is 1.74. The normalized spacial score (nSPS) is 12.9. The van der Waals surface area contributed by atoms with Crippen molar-refractivity contribution in [1.29, 1.82) is 0 Å². The SMILES string of the molecule is Cc1cc(C)c2nc(NN=Cc3ccc4c(c3)OCO4)cc(C)c2c1. The van der Waals surface area contributed by atoms with Crippen LogP contribution in [0.15, 0.2) is 41.5 Å². The van der Waals surface area contributed by atoms with Crippen molar-refractivity contribution < 1.29 is 9.47 Å². The molecule has 0 atom stereocenters. The monoisotopic (exact) mass is 333 g/mol. The van der Waals surface area contributed by atoms with Crippen LogP contribution >= 0.6 is 0 Å². The molecule has 0 saturated heterocycles. The van der Waals surface area contributed by atoms with E-state index in [4.69, 9.17) is 14.5 Å². The number of ether oxygens (including phenoxy) is 2. The van der Waals surface area contributed by atoms with Gasteiger partial charge in [-0.1, -0.05) is 11.6 Å². The fraction of sp³-hybridized carbons (Fsp3) is 0.200. The minimum Gasteiger partial charge on any atom is -0.454 e. The lowest BCUT2D eigenvalue weighted by Gasteiger charge is -2.09. The highest BCUT2D eigenvalue weighted by molar-refractivity contribution is 5.87. The minimum atomic E-state index is 0.271. The Labute approximate surface area is 146 Å². The van der Waals surface area contributed by atoms with Crippen molar-refractivity contribution in [3.8, 4) is 11.5 Å². The van der Waals surface area contributed by atoms with Crippen LogP contribution in [-0.4, -0.2) is 18.0 Å². The lowest BCUT2D eigenvalue weighted by Crippen LogP contribution is -1.97. The maximum Gasteiger partial charge on any atom is 0.231 e. The molecule has 0 saturated carbocycles. The van der Waals surface area contributed by atoms with Crippen LogP contribution in [0.4, 0.5) is 5.82 Å². The van der Waals surface area contributed by atoms with Gasteiger partial charge in [-0.05, 0) is 67.8 Å². The van der Waals surface area contributed by atoms with Crippen LogP contribution < -0.4 is 14.9 Å². The van der Waals surface area contributed by atoms with Gasteiger partial charge in [0.15, 0.2) is 11.5 Å². The lowest BCUT2D eigenvalue weighted by molar-refractivity contribution is 0.174. The Morgan fingerprint density at radius 3 is 2.72 bits per heavy atom. The number of fused-ring (bicyclic) bond motifs is 2. The number of rotatable bonds is 3. The molecule has 0 amide bonds. The molecule has 2 heterocycles. The van der Waals surface area contributed by atoms with Crippen LogP contribution in [-0.2, 0) is 0 Å². The molecular weight excluding hydrogens is 314 g/mol. The second-order valence-corrected chi connectivity index (χ2v) is 6.29. The molecule has 0 fully saturated rings. The average molecular weight is 333 g/mol. The molecule has 0 bridgehead atoms. The molecule has 2 aromatic carbocycles. The summed E-state index contributed by atoms with van der Waals surface area (Å²) in [6, 6.07) is 12.1. The smallest absolute Gasteiger partial charge is 0.231 e. The van der Waals surface area contributed by atoms with E-state index in [1.165, 1.54) is 22.1 Å². The topological polar surface area (TPSA) is 55.7 Å². The van der Waals surface area contributed by atoms with Gasteiger partial charge in [0.25, 0.3) is 0 Å². The van der Waals surface area contributed by atoms with Gasteiger partial charge < -0.3 is 9.47 Å². The van der Waals surface area contributed by atoms with Gasteiger partial charge in [0, 0.05) is 5.39 Å². The molecule has 4 rings (SSSR count). The summed E-state index contributed by atoms with van der Waals surface area (Å²) in [6.45, 7) is 6.55. The molecule has 1 aliphatic rings. The van der Waals surface area contributed by atoms with Crippen LogP contribution in [0, 0.1) is 20.8 Å². The number of nitrogens with one attached hydrogen (secondary N) is 1. The highest BCUT2D eigenvalue weighted by atomic mass is 16.7. The van der Waals surface area contributed by atoms with Crippen LogP contribution in [0.2, 0.25) is 0 Å². The summed E-state index contributed by atoms with van der Waals surface area (Å²) in [7, 11) is 0. The van der Waals surface area contributed by atoms with Gasteiger partial charge in [-0.25, -0.2) is 4.98 Å². The number of anilines is 1. The van der Waals surface area contributed by atoms with Gasteiger partial charge in [0.05, 0.1) is 11.7 Å². The third-order valence-corrected chi connectivity index (χ3v) is 4.24. The molecule has 0 unspecified atom stereocenters. The second kappa shape index (κ2) is 6.09. The van der Waals surface area contributed by atoms with E-state index in [1.54, 1.807) is 6.21 Å². The number of aromatic nitrogens is 1. The van der Waals surface area contributed by atoms with Gasteiger partial charge in [0.1, 0.15) is 5.82 Å². The Balaban J connectivity index is 1.58. The van der Waals surface area contributed by atoms with Crippen LogP contribution in [0.1, 0.15) is 22.3 Å². The summed E-state index contributed by atoms with van der Waals surface area (Å²) in [5, 5.41) is 5.48. The quantitative estimate of drug-likeness (QED) is 0.572. The first-order valence-electron chi connectivity index (χ1n) is 8.17. The summed E-state index contributed by atoms with van der Waals surface area (Å²) in [5.74, 6) is 2.24. The van der Waals surface area contributed by atoms with E-state index in [1.807, 2.05) is 24.3 Å². The van der Waals surface area contributed by atoms with E-state index in [0.29, 0.717) is 0 Å². The van der Waals surface area contributed by atoms with Crippen molar-refractivity contribution in [3.63, 3.8) is 0 Å². The molecule has 126 valence electrons. The Hall–Kier alpha value is -3.08. The summed E-state index contributed by atoms with van der Waals surface area (Å²) in [4.78, 5) is 4.70. The fourth-order valence-corrected chi connectivity index (χ4v) is 3.07. The van der Waals surface area contributed by atoms with Crippen molar-refractivity contribution in [3.05, 3.63) is 58.7 Å². The highest BCUT2D eigenvalue weighted by Crippen LogP contribution is 2.32. The van der Waals surface area contributed by atoms with E-state index in [-0.39, 0.29) is 6.79 Å². The Kier molecular flexibility index (Phi) is 3.76. The first-order valence-corrected chi connectivity index (χ1v) is 8.17. The van der Waals surface area contributed by atoms with Crippen molar-refractivity contribution in [2.45, 2.75) is 20.8 Å². The molecule has 0 radical (unpaired) electrons. The number of nitrogens with zero attached hydrogens (tertiary/aromatic N) is 2. The Morgan fingerprint density at radius 2 is 1.84 bits per heavy atom. The minimum absolute atomic E-state index is 0.271. The molecule has 0 spiro atoms. The predicted molar refractivity (Wildman–Crippen MR) is 99.7 cm³/mol. The fourth-order valence-electron chi connectivity index (χ4n) is 3.07. The van der Waals surface area contributed by atoms with E-state index in [2.05, 4.69) is 43.4 Å². The Morgan fingerprint density at radius 1 is 1.00 bits per heavy atom. The second-order valence-electron chi connectivity index (χ2n) is 6.29. The molecule has 5 heteroatoms. The number of pyridine rings is 1. The number of hydrogen-bond donors (Lipinski definition) is 1. The molecule has 25 heavy (non-hydrogen) atoms. The van der Waals surface area contributed by atoms with Gasteiger partial charge in [0.2, 0.25) is 6.79 Å².